The van der Waals surface area contributed by atoms with Crippen molar-refractivity contribution in [3.05, 3.63) is 53.6 Å². The Morgan fingerprint density at radius 3 is 2.35 bits per heavy atom. The van der Waals surface area contributed by atoms with E-state index in [1.54, 1.807) is 14.0 Å². The Kier molecular flexibility index (Phi) is 6.21. The Morgan fingerprint density at radius 2 is 1.74 bits per heavy atom. The summed E-state index contributed by atoms with van der Waals surface area (Å²) in [5, 5.41) is 6.43. The predicted molar refractivity (Wildman–Crippen MR) is 135 cm³/mol. The van der Waals surface area contributed by atoms with Crippen LogP contribution < -0.4 is 20.4 Å². The van der Waals surface area contributed by atoms with Gasteiger partial charge in [0.05, 0.1) is 19.3 Å². The molecule has 3 atom stereocenters. The van der Waals surface area contributed by atoms with Crippen LogP contribution in [-0.4, -0.2) is 51.2 Å². The quantitative estimate of drug-likeness (QED) is 0.707. The SMILES string of the molecule is CNC(=O)c1ccc(N[C@H]2c3cc(N4CCOCC4)ccc3N(C(C)=O)[C@@H](C3CC3)[C@@H]2C)cc1. The average Bonchev–Trinajstić information content (AvgIpc) is 3.70. The summed E-state index contributed by atoms with van der Waals surface area (Å²) in [5.74, 6) is 0.801. The molecule has 0 aromatic heterocycles. The molecule has 2 fully saturated rings. The number of carbonyl (C=O) groups is 2. The Morgan fingerprint density at radius 1 is 1.03 bits per heavy atom. The first-order chi connectivity index (χ1) is 16.5. The molecule has 2 aromatic carbocycles. The normalized spacial score (nSPS) is 24.4. The highest BCUT2D eigenvalue weighted by Crippen LogP contribution is 2.50. The molecule has 0 radical (unpaired) electrons. The first kappa shape index (κ1) is 22.7. The van der Waals surface area contributed by atoms with Crippen molar-refractivity contribution in [2.45, 2.75) is 38.8 Å². The Bertz CT molecular complexity index is 1060. The summed E-state index contributed by atoms with van der Waals surface area (Å²) in [7, 11) is 1.64. The molecule has 7 heteroatoms. The van der Waals surface area contributed by atoms with Crippen LogP contribution in [0, 0.1) is 11.8 Å². The Balaban J connectivity index is 1.53. The van der Waals surface area contributed by atoms with E-state index in [4.69, 9.17) is 4.74 Å². The van der Waals surface area contributed by atoms with E-state index in [1.807, 2.05) is 29.2 Å². The largest absolute Gasteiger partial charge is 0.378 e. The molecule has 2 N–H and O–H groups in total. The zero-order chi connectivity index (χ0) is 23.8. The maximum atomic E-state index is 12.9. The molecular formula is C27H34N4O3. The number of nitrogens with one attached hydrogen (secondary N) is 2. The summed E-state index contributed by atoms with van der Waals surface area (Å²) < 4.78 is 5.55. The van der Waals surface area contributed by atoms with Crippen LogP contribution in [0.5, 0.6) is 0 Å². The molecule has 1 saturated heterocycles. The lowest BCUT2D eigenvalue weighted by molar-refractivity contribution is -0.117. The number of nitrogens with zero attached hydrogens (tertiary/aromatic N) is 2. The number of ether oxygens (including phenoxy) is 1. The van der Waals surface area contributed by atoms with E-state index in [9.17, 15) is 9.59 Å². The second-order valence-electron chi connectivity index (χ2n) is 9.70. The smallest absolute Gasteiger partial charge is 0.251 e. The van der Waals surface area contributed by atoms with Gasteiger partial charge in [-0.2, -0.15) is 0 Å². The minimum Gasteiger partial charge on any atom is -0.378 e. The number of hydrogen-bond donors (Lipinski definition) is 2. The number of amides is 2. The number of morpholine rings is 1. The van der Waals surface area contributed by atoms with Crippen LogP contribution in [0.2, 0.25) is 0 Å². The molecule has 2 aliphatic heterocycles. The summed E-state index contributed by atoms with van der Waals surface area (Å²) in [6.07, 6.45) is 2.35. The standard InChI is InChI=1S/C27H34N4O3/c1-17-25(29-21-8-6-20(7-9-21)27(33)28-3)23-16-22(30-12-14-34-15-13-30)10-11-24(23)31(18(2)32)26(17)19-4-5-19/h6-11,16-17,19,25-26,29H,4-5,12-15H2,1-3H3,(H,28,33)/t17-,25-,26-/m1/s1. The van der Waals surface area contributed by atoms with Crippen LogP contribution in [0.3, 0.4) is 0 Å². The zero-order valence-corrected chi connectivity index (χ0v) is 20.2. The van der Waals surface area contributed by atoms with Crippen LogP contribution in [0.15, 0.2) is 42.5 Å². The van der Waals surface area contributed by atoms with Gasteiger partial charge in [-0.15, -0.1) is 0 Å². The van der Waals surface area contributed by atoms with E-state index in [1.165, 1.54) is 18.5 Å². The van der Waals surface area contributed by atoms with Gasteiger partial charge in [0.1, 0.15) is 0 Å². The van der Waals surface area contributed by atoms with Crippen molar-refractivity contribution >= 4 is 28.9 Å². The molecule has 180 valence electrons. The van der Waals surface area contributed by atoms with Gasteiger partial charge in [-0.05, 0) is 61.2 Å². The summed E-state index contributed by atoms with van der Waals surface area (Å²) in [6, 6.07) is 14.4. The van der Waals surface area contributed by atoms with E-state index in [0.717, 1.165) is 43.2 Å². The number of benzene rings is 2. The second-order valence-corrected chi connectivity index (χ2v) is 9.70. The number of carbonyl (C=O) groups excluding carboxylic acids is 2. The molecular weight excluding hydrogens is 428 g/mol. The first-order valence-electron chi connectivity index (χ1n) is 12.3. The number of fused-ring (bicyclic) bond motifs is 1. The Hall–Kier alpha value is -3.06. The number of anilines is 3. The van der Waals surface area contributed by atoms with Gasteiger partial charge in [0.15, 0.2) is 0 Å². The maximum absolute atomic E-state index is 12.9. The van der Waals surface area contributed by atoms with E-state index in [2.05, 4.69) is 40.7 Å². The van der Waals surface area contributed by atoms with E-state index >= 15 is 0 Å². The fourth-order valence-electron chi connectivity index (χ4n) is 5.61. The minimum atomic E-state index is -0.0935. The van der Waals surface area contributed by atoms with E-state index in [-0.39, 0.29) is 29.8 Å². The Labute approximate surface area is 201 Å². The summed E-state index contributed by atoms with van der Waals surface area (Å²) >= 11 is 0. The molecule has 2 aromatic rings. The third-order valence-electron chi connectivity index (χ3n) is 7.49. The molecule has 2 amide bonds. The van der Waals surface area contributed by atoms with Crippen molar-refractivity contribution in [2.24, 2.45) is 11.8 Å². The lowest BCUT2D eigenvalue weighted by Crippen LogP contribution is -2.51. The van der Waals surface area contributed by atoms with Crippen molar-refractivity contribution < 1.29 is 14.3 Å². The van der Waals surface area contributed by atoms with Gasteiger partial charge in [0.25, 0.3) is 5.91 Å². The highest BCUT2D eigenvalue weighted by Gasteiger charge is 2.47. The molecule has 5 rings (SSSR count). The second kappa shape index (κ2) is 9.29. The lowest BCUT2D eigenvalue weighted by atomic mass is 9.79. The molecule has 0 unspecified atom stereocenters. The van der Waals surface area contributed by atoms with Gasteiger partial charge in [-0.25, -0.2) is 0 Å². The zero-order valence-electron chi connectivity index (χ0n) is 20.2. The van der Waals surface area contributed by atoms with Crippen LogP contribution in [0.25, 0.3) is 0 Å². The predicted octanol–water partition coefficient (Wildman–Crippen LogP) is 3.82. The molecule has 7 nitrogen and oxygen atoms in total. The summed E-state index contributed by atoms with van der Waals surface area (Å²) in [6.45, 7) is 7.15. The fourth-order valence-corrected chi connectivity index (χ4v) is 5.61. The van der Waals surface area contributed by atoms with Crippen molar-refractivity contribution in [3.8, 4) is 0 Å². The van der Waals surface area contributed by atoms with E-state index in [0.29, 0.717) is 11.5 Å². The van der Waals surface area contributed by atoms with Gasteiger partial charge >= 0.3 is 0 Å². The topological polar surface area (TPSA) is 73.9 Å². The fraction of sp³-hybridized carbons (Fsp3) is 0.481. The number of rotatable bonds is 5. The van der Waals surface area contributed by atoms with Crippen LogP contribution >= 0.6 is 0 Å². The molecule has 0 spiro atoms. The number of hydrogen-bond acceptors (Lipinski definition) is 5. The van der Waals surface area contributed by atoms with Gasteiger partial charge in [0, 0.05) is 67.2 Å². The minimum absolute atomic E-state index is 0.0584. The summed E-state index contributed by atoms with van der Waals surface area (Å²) in [5.41, 5.74) is 4.94. The van der Waals surface area contributed by atoms with Crippen LogP contribution in [0.1, 0.15) is 48.7 Å². The van der Waals surface area contributed by atoms with Gasteiger partial charge < -0.3 is 25.2 Å². The van der Waals surface area contributed by atoms with Crippen molar-refractivity contribution in [1.82, 2.24) is 5.32 Å². The molecule has 0 bridgehead atoms. The average molecular weight is 463 g/mol. The van der Waals surface area contributed by atoms with Gasteiger partial charge in [-0.3, -0.25) is 9.59 Å². The van der Waals surface area contributed by atoms with Crippen LogP contribution in [0.4, 0.5) is 17.1 Å². The maximum Gasteiger partial charge on any atom is 0.251 e. The van der Waals surface area contributed by atoms with Gasteiger partial charge in [-0.1, -0.05) is 6.92 Å². The third kappa shape index (κ3) is 4.25. The monoisotopic (exact) mass is 462 g/mol. The highest BCUT2D eigenvalue weighted by molar-refractivity contribution is 5.95. The molecule has 2 heterocycles. The molecule has 3 aliphatic rings. The van der Waals surface area contributed by atoms with Gasteiger partial charge in [0.2, 0.25) is 5.91 Å². The summed E-state index contributed by atoms with van der Waals surface area (Å²) in [4.78, 5) is 29.2. The molecule has 34 heavy (non-hydrogen) atoms. The van der Waals surface area contributed by atoms with Crippen molar-refractivity contribution in [3.63, 3.8) is 0 Å². The third-order valence-corrected chi connectivity index (χ3v) is 7.49. The van der Waals surface area contributed by atoms with Crippen molar-refractivity contribution in [2.75, 3.05) is 48.5 Å². The molecule has 1 saturated carbocycles. The first-order valence-corrected chi connectivity index (χ1v) is 12.3. The highest BCUT2D eigenvalue weighted by atomic mass is 16.5. The van der Waals surface area contributed by atoms with E-state index < -0.39 is 0 Å². The molecule has 1 aliphatic carbocycles. The lowest BCUT2D eigenvalue weighted by Gasteiger charge is -2.46. The van der Waals surface area contributed by atoms with Crippen LogP contribution in [-0.2, 0) is 9.53 Å². The van der Waals surface area contributed by atoms with Crippen molar-refractivity contribution in [1.29, 1.82) is 0 Å².